The maximum Gasteiger partial charge on any atom is 0.271 e. The zero-order valence-corrected chi connectivity index (χ0v) is 24.9. The van der Waals surface area contributed by atoms with Crippen molar-refractivity contribution in [3.63, 3.8) is 0 Å². The molecule has 2 aromatic heterocycles. The van der Waals surface area contributed by atoms with Crippen molar-refractivity contribution in [2.75, 3.05) is 56.3 Å². The zero-order valence-electron chi connectivity index (χ0n) is 24.9. The third-order valence-corrected chi connectivity index (χ3v) is 7.20. The second-order valence-electron chi connectivity index (χ2n) is 10.6. The molecule has 1 aliphatic rings. The molecule has 0 radical (unpaired) electrons. The molecule has 14 heteroatoms. The van der Waals surface area contributed by atoms with Crippen molar-refractivity contribution in [2.24, 2.45) is 0 Å². The van der Waals surface area contributed by atoms with E-state index in [0.29, 0.717) is 28.8 Å². The molecule has 2 amide bonds. The lowest BCUT2D eigenvalue weighted by atomic mass is 10.1. The Bertz CT molecular complexity index is 1660. The van der Waals surface area contributed by atoms with Crippen molar-refractivity contribution in [3.05, 3.63) is 83.3 Å². The molecular weight excluding hydrogens is 570 g/mol. The van der Waals surface area contributed by atoms with E-state index in [0.717, 1.165) is 38.7 Å². The van der Waals surface area contributed by atoms with Crippen LogP contribution in [0.4, 0.5) is 31.8 Å². The number of benzene rings is 2. The minimum absolute atomic E-state index is 0.108. The summed E-state index contributed by atoms with van der Waals surface area (Å²) in [5.41, 5.74) is 5.23. The number of aryl methyl sites for hydroxylation is 1. The number of rotatable bonds is 9. The molecule has 5 rings (SSSR count). The molecule has 0 aliphatic carbocycles. The van der Waals surface area contributed by atoms with Crippen molar-refractivity contribution in [2.45, 2.75) is 19.8 Å². The third kappa shape index (κ3) is 7.15. The van der Waals surface area contributed by atoms with Gasteiger partial charge in [-0.25, -0.2) is 23.8 Å². The number of halogens is 2. The molecule has 4 aromatic rings. The Balaban J connectivity index is 1.40. The SMILES string of the molecule is CNC(=O)c1cc(Nc2cc(NC(=O)c3cccc(C(C)(F)F)c3)ccc2C)n(-c2cc(NN3CCN(C)CC3)ncn2)n1. The lowest BCUT2D eigenvalue weighted by Gasteiger charge is -2.32. The number of piperazine rings is 1. The van der Waals surface area contributed by atoms with Gasteiger partial charge in [0.2, 0.25) is 0 Å². The number of likely N-dealkylation sites (N-methyl/N-ethyl adjacent to an activating group) is 1. The van der Waals surface area contributed by atoms with Crippen LogP contribution >= 0.6 is 0 Å². The molecular formula is C30H34F2N10O2. The van der Waals surface area contributed by atoms with E-state index < -0.39 is 11.8 Å². The van der Waals surface area contributed by atoms with Gasteiger partial charge in [0.25, 0.3) is 17.7 Å². The first-order valence-corrected chi connectivity index (χ1v) is 14.0. The normalized spacial score (nSPS) is 14.2. The highest BCUT2D eigenvalue weighted by Gasteiger charge is 2.25. The van der Waals surface area contributed by atoms with Crippen molar-refractivity contribution < 1.29 is 18.4 Å². The van der Waals surface area contributed by atoms with Gasteiger partial charge in [-0.3, -0.25) is 9.59 Å². The van der Waals surface area contributed by atoms with Crippen molar-refractivity contribution in [3.8, 4) is 5.82 Å². The first-order valence-electron chi connectivity index (χ1n) is 14.0. The number of carbonyl (C=O) groups excluding carboxylic acids is 2. The molecule has 44 heavy (non-hydrogen) atoms. The molecule has 12 nitrogen and oxygen atoms in total. The van der Waals surface area contributed by atoms with E-state index in [4.69, 9.17) is 0 Å². The number of alkyl halides is 2. The summed E-state index contributed by atoms with van der Waals surface area (Å²) < 4.78 is 29.1. The highest BCUT2D eigenvalue weighted by Crippen LogP contribution is 2.29. The van der Waals surface area contributed by atoms with Gasteiger partial charge in [-0.15, -0.1) is 0 Å². The number of aromatic nitrogens is 4. The fourth-order valence-electron chi connectivity index (χ4n) is 4.60. The first-order chi connectivity index (χ1) is 21.0. The van der Waals surface area contributed by atoms with Crippen LogP contribution in [0.2, 0.25) is 0 Å². The average Bonchev–Trinajstić information content (AvgIpc) is 3.43. The molecule has 0 bridgehead atoms. The number of hydrazine groups is 1. The van der Waals surface area contributed by atoms with Crippen LogP contribution in [0, 0.1) is 6.92 Å². The van der Waals surface area contributed by atoms with E-state index in [1.165, 1.54) is 42.3 Å². The van der Waals surface area contributed by atoms with E-state index >= 15 is 0 Å². The molecule has 0 unspecified atom stereocenters. The Morgan fingerprint density at radius 1 is 0.955 bits per heavy atom. The van der Waals surface area contributed by atoms with E-state index in [9.17, 15) is 18.4 Å². The molecule has 1 fully saturated rings. The summed E-state index contributed by atoms with van der Waals surface area (Å²) in [5.74, 6) is -2.54. The van der Waals surface area contributed by atoms with E-state index in [-0.39, 0.29) is 22.7 Å². The van der Waals surface area contributed by atoms with Gasteiger partial charge in [-0.05, 0) is 43.8 Å². The van der Waals surface area contributed by atoms with E-state index in [1.807, 2.05) is 6.92 Å². The molecule has 230 valence electrons. The Morgan fingerprint density at radius 2 is 1.73 bits per heavy atom. The van der Waals surface area contributed by atoms with Crippen molar-refractivity contribution in [1.82, 2.24) is 35.0 Å². The standard InChI is InChI=1S/C30H34F2N10O2/c1-19-8-9-22(36-28(43)20-6-5-7-21(14-20)30(2,31)32)15-23(19)37-27-16-24(29(44)33-3)38-42(27)26-17-25(34-18-35-26)39-41-12-10-40(4)11-13-41/h5-9,14-18,37H,10-13H2,1-4H3,(H,33,44)(H,36,43)(H,34,35,39). The fourth-order valence-corrected chi connectivity index (χ4v) is 4.60. The van der Waals surface area contributed by atoms with Gasteiger partial charge >= 0.3 is 0 Å². The molecule has 1 saturated heterocycles. The Kier molecular flexibility index (Phi) is 8.83. The van der Waals surface area contributed by atoms with Crippen LogP contribution in [0.3, 0.4) is 0 Å². The predicted octanol–water partition coefficient (Wildman–Crippen LogP) is 4.01. The zero-order chi connectivity index (χ0) is 31.4. The van der Waals surface area contributed by atoms with Crippen LogP contribution in [0.1, 0.15) is 38.9 Å². The quantitative estimate of drug-likeness (QED) is 0.224. The maximum absolute atomic E-state index is 13.8. The van der Waals surface area contributed by atoms with E-state index in [2.05, 4.69) is 53.4 Å². The molecule has 0 atom stereocenters. The average molecular weight is 605 g/mol. The van der Waals surface area contributed by atoms with E-state index in [1.54, 1.807) is 30.3 Å². The Labute approximate surface area is 253 Å². The van der Waals surface area contributed by atoms with Gasteiger partial charge in [0.05, 0.1) is 0 Å². The molecule has 0 saturated carbocycles. The van der Waals surface area contributed by atoms with Crippen LogP contribution in [0.5, 0.6) is 0 Å². The van der Waals surface area contributed by atoms with Gasteiger partial charge in [0.15, 0.2) is 11.5 Å². The van der Waals surface area contributed by atoms with Crippen LogP contribution in [0.25, 0.3) is 5.82 Å². The summed E-state index contributed by atoms with van der Waals surface area (Å²) in [4.78, 5) is 36.4. The molecule has 3 heterocycles. The topological polar surface area (TPSA) is 132 Å². The van der Waals surface area contributed by atoms with Crippen molar-refractivity contribution >= 4 is 34.8 Å². The smallest absolute Gasteiger partial charge is 0.271 e. The van der Waals surface area contributed by atoms with Gasteiger partial charge in [0.1, 0.15) is 18.0 Å². The number of amides is 2. The van der Waals surface area contributed by atoms with Crippen molar-refractivity contribution in [1.29, 1.82) is 0 Å². The summed E-state index contributed by atoms with van der Waals surface area (Å²) in [6.45, 7) is 6.17. The molecule has 2 aromatic carbocycles. The summed E-state index contributed by atoms with van der Waals surface area (Å²) in [7, 11) is 3.60. The minimum atomic E-state index is -3.07. The first kappa shape index (κ1) is 30.5. The van der Waals surface area contributed by atoms with Crippen LogP contribution in [-0.4, -0.2) is 81.7 Å². The highest BCUT2D eigenvalue weighted by molar-refractivity contribution is 6.04. The minimum Gasteiger partial charge on any atom is -0.354 e. The number of anilines is 4. The van der Waals surface area contributed by atoms with Gasteiger partial charge in [-0.2, -0.15) is 9.78 Å². The summed E-state index contributed by atoms with van der Waals surface area (Å²) in [6, 6.07) is 13.9. The second-order valence-corrected chi connectivity index (χ2v) is 10.6. The number of hydrogen-bond donors (Lipinski definition) is 4. The number of carbonyl (C=O) groups is 2. The lowest BCUT2D eigenvalue weighted by molar-refractivity contribution is 0.0174. The summed E-state index contributed by atoms with van der Waals surface area (Å²) in [6.07, 6.45) is 1.42. The molecule has 1 aliphatic heterocycles. The maximum atomic E-state index is 13.8. The highest BCUT2D eigenvalue weighted by atomic mass is 19.3. The van der Waals surface area contributed by atoms with Crippen LogP contribution in [0.15, 0.2) is 60.9 Å². The van der Waals surface area contributed by atoms with Crippen LogP contribution in [-0.2, 0) is 5.92 Å². The molecule has 0 spiro atoms. The fraction of sp³-hybridized carbons (Fsp3) is 0.300. The lowest BCUT2D eigenvalue weighted by Crippen LogP contribution is -2.47. The summed E-state index contributed by atoms with van der Waals surface area (Å²) >= 11 is 0. The largest absolute Gasteiger partial charge is 0.354 e. The third-order valence-electron chi connectivity index (χ3n) is 7.20. The monoisotopic (exact) mass is 604 g/mol. The van der Waals surface area contributed by atoms with Gasteiger partial charge < -0.3 is 26.3 Å². The number of nitrogens with one attached hydrogen (secondary N) is 4. The number of hydrogen-bond acceptors (Lipinski definition) is 9. The Morgan fingerprint density at radius 3 is 2.45 bits per heavy atom. The van der Waals surface area contributed by atoms with Gasteiger partial charge in [-0.1, -0.05) is 18.2 Å². The van der Waals surface area contributed by atoms with Crippen LogP contribution < -0.4 is 21.4 Å². The summed E-state index contributed by atoms with van der Waals surface area (Å²) in [5, 5.41) is 15.2. The molecule has 4 N–H and O–H groups in total. The van der Waals surface area contributed by atoms with Gasteiger partial charge in [0, 0.05) is 74.8 Å². The second kappa shape index (κ2) is 12.7. The Hall–Kier alpha value is -4.95. The predicted molar refractivity (Wildman–Crippen MR) is 164 cm³/mol. The number of nitrogens with zero attached hydrogens (tertiary/aromatic N) is 6.